The van der Waals surface area contributed by atoms with E-state index in [9.17, 15) is 24.6 Å². The van der Waals surface area contributed by atoms with Gasteiger partial charge in [0.05, 0.1) is 5.60 Å². The first-order valence-corrected chi connectivity index (χ1v) is 11.7. The number of hydrogen-bond acceptors (Lipinski definition) is 8. The summed E-state index contributed by atoms with van der Waals surface area (Å²) < 4.78 is 5.44. The number of aliphatic hydroxyl groups is 2. The zero-order valence-corrected chi connectivity index (χ0v) is 20.9. The molecule has 0 aromatic carbocycles. The van der Waals surface area contributed by atoms with Gasteiger partial charge in [0, 0.05) is 48.1 Å². The van der Waals surface area contributed by atoms with Crippen molar-refractivity contribution in [3.63, 3.8) is 0 Å². The van der Waals surface area contributed by atoms with E-state index >= 15 is 0 Å². The third kappa shape index (κ3) is 5.71. The number of esters is 1. The van der Waals surface area contributed by atoms with Gasteiger partial charge in [0.1, 0.15) is 16.5 Å². The van der Waals surface area contributed by atoms with Gasteiger partial charge in [-0.1, -0.05) is 24.9 Å². The lowest BCUT2D eigenvalue weighted by molar-refractivity contribution is -0.153. The number of nitrogens with one attached hydrogen (secondary N) is 1. The number of unbranched alkanes of at least 4 members (excludes halogenated alkanes) is 1. The highest BCUT2D eigenvalue weighted by atomic mass is 35.5. The van der Waals surface area contributed by atoms with Gasteiger partial charge in [0.15, 0.2) is 11.4 Å². The molecule has 0 fully saturated rings. The minimum absolute atomic E-state index is 0.0979. The van der Waals surface area contributed by atoms with Gasteiger partial charge in [-0.3, -0.25) is 9.59 Å². The number of carbonyl (C=O) groups is 3. The van der Waals surface area contributed by atoms with Crippen LogP contribution >= 0.6 is 11.6 Å². The summed E-state index contributed by atoms with van der Waals surface area (Å²) in [6.07, 6.45) is 7.27. The normalized spacial score (nSPS) is 21.7. The Morgan fingerprint density at radius 1 is 1.31 bits per heavy atom. The van der Waals surface area contributed by atoms with Gasteiger partial charge in [-0.05, 0) is 51.0 Å². The van der Waals surface area contributed by atoms with E-state index in [2.05, 4.69) is 10.3 Å². The fourth-order valence-corrected chi connectivity index (χ4v) is 4.05. The molecular weight excluding hydrogens is 472 g/mol. The molecular formula is C26H29ClN2O6. The molecule has 0 bridgehead atoms. The number of rotatable bonds is 9. The van der Waals surface area contributed by atoms with Crippen LogP contribution in [0.25, 0.3) is 5.76 Å². The Labute approximate surface area is 209 Å². The van der Waals surface area contributed by atoms with E-state index in [0.717, 1.165) is 18.9 Å². The third-order valence-corrected chi connectivity index (χ3v) is 5.93. The van der Waals surface area contributed by atoms with Crippen molar-refractivity contribution >= 4 is 34.9 Å². The van der Waals surface area contributed by atoms with Crippen LogP contribution in [0.15, 0.2) is 59.0 Å². The lowest BCUT2D eigenvalue weighted by Gasteiger charge is -2.32. The van der Waals surface area contributed by atoms with Crippen molar-refractivity contribution in [3.8, 4) is 0 Å². The van der Waals surface area contributed by atoms with Gasteiger partial charge in [-0.2, -0.15) is 0 Å². The number of pyridine rings is 1. The minimum Gasteiger partial charge on any atom is -0.507 e. The van der Waals surface area contributed by atoms with Crippen LogP contribution < -0.4 is 5.32 Å². The van der Waals surface area contributed by atoms with Crippen molar-refractivity contribution in [2.75, 3.05) is 6.54 Å². The predicted octanol–water partition coefficient (Wildman–Crippen LogP) is 3.76. The smallest absolute Gasteiger partial charge is 0.343 e. The Morgan fingerprint density at radius 3 is 2.63 bits per heavy atom. The lowest BCUT2D eigenvalue weighted by atomic mass is 9.75. The topological polar surface area (TPSA) is 126 Å². The number of hydrogen-bond donors (Lipinski definition) is 3. The molecule has 2 heterocycles. The van der Waals surface area contributed by atoms with E-state index < -0.39 is 34.5 Å². The summed E-state index contributed by atoms with van der Waals surface area (Å²) in [5.74, 6) is -2.69. The maximum absolute atomic E-state index is 13.5. The maximum Gasteiger partial charge on any atom is 0.343 e. The second-order valence-electron chi connectivity index (χ2n) is 9.33. The Kier molecular flexibility index (Phi) is 7.67. The van der Waals surface area contributed by atoms with Crippen LogP contribution in [0.4, 0.5) is 0 Å². The molecule has 1 aromatic rings. The van der Waals surface area contributed by atoms with E-state index in [4.69, 9.17) is 16.3 Å². The van der Waals surface area contributed by atoms with Crippen LogP contribution in [0.3, 0.4) is 0 Å². The van der Waals surface area contributed by atoms with Crippen LogP contribution in [0, 0.1) is 0 Å². The second-order valence-corrected chi connectivity index (χ2v) is 9.72. The highest BCUT2D eigenvalue weighted by molar-refractivity contribution is 6.29. The zero-order valence-electron chi connectivity index (χ0n) is 20.1. The quantitative estimate of drug-likeness (QED) is 0.117. The average molecular weight is 501 g/mol. The number of Topliss-reactive ketones (excluding diaryl/α,β-unsaturated/α-hetero) is 1. The van der Waals surface area contributed by atoms with Crippen molar-refractivity contribution in [2.24, 2.45) is 0 Å². The molecule has 1 aliphatic carbocycles. The highest BCUT2D eigenvalue weighted by Gasteiger charge is 2.54. The van der Waals surface area contributed by atoms with E-state index in [1.165, 1.54) is 25.3 Å². The van der Waals surface area contributed by atoms with E-state index in [-0.39, 0.29) is 33.9 Å². The van der Waals surface area contributed by atoms with Crippen LogP contribution in [-0.2, 0) is 19.1 Å². The largest absolute Gasteiger partial charge is 0.507 e. The van der Waals surface area contributed by atoms with Gasteiger partial charge < -0.3 is 20.3 Å². The zero-order chi connectivity index (χ0) is 26.0. The standard InChI is InChI=1S/C26H29ClN2O6/c1-5-6-9-28-14-17-16(12-25(2,3)34)10-18-22(24(33)35-26(18,4)23(17)32)20(31)11-19(30)15-7-8-21(27)29-13-15/h7-8,10-11,13-14,28,30,34H,5-6,9,12H2,1-4H3/b17-14-,19-11-. The van der Waals surface area contributed by atoms with Crippen LogP contribution in [0.5, 0.6) is 0 Å². The molecule has 0 spiro atoms. The number of nitrogens with zero attached hydrogens (tertiary/aromatic N) is 1. The lowest BCUT2D eigenvalue weighted by Crippen LogP contribution is -2.42. The molecule has 9 heteroatoms. The molecule has 35 heavy (non-hydrogen) atoms. The number of aromatic nitrogens is 1. The highest BCUT2D eigenvalue weighted by Crippen LogP contribution is 2.44. The van der Waals surface area contributed by atoms with Crippen LogP contribution in [0.2, 0.25) is 5.15 Å². The second kappa shape index (κ2) is 10.2. The first-order valence-electron chi connectivity index (χ1n) is 11.3. The molecule has 3 N–H and O–H groups in total. The molecule has 8 nitrogen and oxygen atoms in total. The summed E-state index contributed by atoms with van der Waals surface area (Å²) in [7, 11) is 0. The van der Waals surface area contributed by atoms with Gasteiger partial charge in [0.2, 0.25) is 5.78 Å². The van der Waals surface area contributed by atoms with Crippen molar-refractivity contribution in [2.45, 2.75) is 58.2 Å². The number of halogens is 1. The molecule has 186 valence electrons. The van der Waals surface area contributed by atoms with Crippen molar-refractivity contribution in [1.29, 1.82) is 0 Å². The van der Waals surface area contributed by atoms with Crippen LogP contribution in [0.1, 0.15) is 52.5 Å². The Bertz CT molecular complexity index is 1170. The molecule has 1 aromatic heterocycles. The molecule has 1 aliphatic heterocycles. The fraction of sp³-hybridized carbons (Fsp3) is 0.385. The summed E-state index contributed by atoms with van der Waals surface area (Å²) in [4.78, 5) is 43.2. The first kappa shape index (κ1) is 26.4. The molecule has 0 amide bonds. The molecule has 1 atom stereocenters. The molecule has 0 saturated heterocycles. The minimum atomic E-state index is -1.70. The molecule has 0 saturated carbocycles. The van der Waals surface area contributed by atoms with Crippen LogP contribution in [-0.4, -0.2) is 50.5 Å². The number of aliphatic hydroxyl groups excluding tert-OH is 1. The number of ketones is 2. The summed E-state index contributed by atoms with van der Waals surface area (Å²) in [6.45, 7) is 7.34. The van der Waals surface area contributed by atoms with Gasteiger partial charge in [-0.25, -0.2) is 9.78 Å². The first-order chi connectivity index (χ1) is 16.4. The molecule has 2 aliphatic rings. The number of fused-ring (bicyclic) bond motifs is 1. The monoisotopic (exact) mass is 500 g/mol. The van der Waals surface area contributed by atoms with Gasteiger partial charge in [0.25, 0.3) is 0 Å². The SMILES string of the molecule is CCCCN/C=C1\C(=O)C2(C)OC(=O)C(C(=O)/C=C(\O)c3ccc(Cl)nc3)=C2C=C1CC(C)(C)O. The van der Waals surface area contributed by atoms with Crippen molar-refractivity contribution < 1.29 is 29.3 Å². The average Bonchev–Trinajstić information content (AvgIpc) is 3.03. The summed E-state index contributed by atoms with van der Waals surface area (Å²) in [6, 6.07) is 2.92. The summed E-state index contributed by atoms with van der Waals surface area (Å²) in [5.41, 5.74) is -2.13. The van der Waals surface area contributed by atoms with E-state index in [1.54, 1.807) is 26.1 Å². The molecule has 0 radical (unpaired) electrons. The third-order valence-electron chi connectivity index (χ3n) is 5.71. The van der Waals surface area contributed by atoms with Crippen molar-refractivity contribution in [3.05, 3.63) is 69.7 Å². The Hall–Kier alpha value is -3.23. The number of allylic oxidation sites excluding steroid dienone is 1. The number of carbonyl (C=O) groups excluding carboxylic acids is 3. The Balaban J connectivity index is 2.09. The summed E-state index contributed by atoms with van der Waals surface area (Å²) in [5, 5.41) is 24.1. The maximum atomic E-state index is 13.5. The van der Waals surface area contributed by atoms with Gasteiger partial charge in [-0.15, -0.1) is 0 Å². The van der Waals surface area contributed by atoms with E-state index in [0.29, 0.717) is 12.1 Å². The predicted molar refractivity (Wildman–Crippen MR) is 131 cm³/mol. The van der Waals surface area contributed by atoms with E-state index in [1.807, 2.05) is 6.92 Å². The van der Waals surface area contributed by atoms with Gasteiger partial charge >= 0.3 is 5.97 Å². The summed E-state index contributed by atoms with van der Waals surface area (Å²) >= 11 is 5.76. The molecule has 1 unspecified atom stereocenters. The fourth-order valence-electron chi connectivity index (χ4n) is 3.94. The number of ether oxygens (including phenoxy) is 1. The molecule has 3 rings (SSSR count). The Morgan fingerprint density at radius 2 is 2.03 bits per heavy atom. The van der Waals surface area contributed by atoms with Crippen molar-refractivity contribution in [1.82, 2.24) is 10.3 Å².